The summed E-state index contributed by atoms with van der Waals surface area (Å²) in [6.45, 7) is 7.19. The average molecular weight is 471 g/mol. The molecule has 3 rings (SSSR count). The summed E-state index contributed by atoms with van der Waals surface area (Å²) in [6.07, 6.45) is 9.08. The maximum absolute atomic E-state index is 12.5. The number of aliphatic hydroxyl groups is 1. The average Bonchev–Trinajstić information content (AvgIpc) is 2.78. The van der Waals surface area contributed by atoms with Crippen molar-refractivity contribution in [2.24, 2.45) is 5.92 Å². The van der Waals surface area contributed by atoms with Gasteiger partial charge in [-0.3, -0.25) is 4.98 Å². The minimum Gasteiger partial charge on any atom is -0.444 e. The molecular formula is C27H35ClN2O3. The van der Waals surface area contributed by atoms with Crippen LogP contribution in [0.3, 0.4) is 0 Å². The Morgan fingerprint density at radius 1 is 1.27 bits per heavy atom. The lowest BCUT2D eigenvalue weighted by Crippen LogP contribution is -2.42. The minimum atomic E-state index is -0.495. The topological polar surface area (TPSA) is 62.7 Å². The molecule has 1 aliphatic rings. The number of carbonyl (C=O) groups is 1. The Hall–Kier alpha value is -2.37. The van der Waals surface area contributed by atoms with E-state index in [1.807, 2.05) is 56.1 Å². The monoisotopic (exact) mass is 470 g/mol. The zero-order valence-corrected chi connectivity index (χ0v) is 20.6. The fourth-order valence-corrected chi connectivity index (χ4v) is 4.53. The number of amides is 1. The number of halogens is 1. The molecule has 0 spiro atoms. The number of piperidine rings is 1. The molecule has 0 radical (unpaired) electrons. The quantitative estimate of drug-likeness (QED) is 0.482. The molecule has 2 aromatic rings. The SMILES string of the molecule is CC(C)(C)OC(=O)N1CCC(C(c2ccccn2)c2ccc(Cl)cc2/C=C/CCCO)CC1. The number of rotatable bonds is 7. The molecule has 2 heterocycles. The first-order valence-corrected chi connectivity index (χ1v) is 12.1. The second kappa shape index (κ2) is 11.7. The van der Waals surface area contributed by atoms with Gasteiger partial charge in [0.25, 0.3) is 0 Å². The first kappa shape index (κ1) is 25.3. The van der Waals surface area contributed by atoms with Crippen molar-refractivity contribution in [3.8, 4) is 0 Å². The highest BCUT2D eigenvalue weighted by Gasteiger charge is 2.33. The summed E-state index contributed by atoms with van der Waals surface area (Å²) in [7, 11) is 0. The van der Waals surface area contributed by atoms with E-state index < -0.39 is 5.60 Å². The number of carbonyl (C=O) groups excluding carboxylic acids is 1. The second-order valence-electron chi connectivity index (χ2n) is 9.58. The summed E-state index contributed by atoms with van der Waals surface area (Å²) in [4.78, 5) is 19.1. The normalized spacial score (nSPS) is 16.2. The Kier molecular flexibility index (Phi) is 8.93. The van der Waals surface area contributed by atoms with Crippen LogP contribution in [-0.2, 0) is 4.74 Å². The Morgan fingerprint density at radius 3 is 2.67 bits per heavy atom. The summed E-state index contributed by atoms with van der Waals surface area (Å²) in [5.74, 6) is 0.436. The number of aliphatic hydroxyl groups excluding tert-OH is 1. The fraction of sp³-hybridized carbons (Fsp3) is 0.481. The van der Waals surface area contributed by atoms with Crippen molar-refractivity contribution >= 4 is 23.8 Å². The lowest BCUT2D eigenvalue weighted by Gasteiger charge is -2.37. The van der Waals surface area contributed by atoms with Gasteiger partial charge in [0.1, 0.15) is 5.60 Å². The molecule has 0 aliphatic carbocycles. The van der Waals surface area contributed by atoms with E-state index in [2.05, 4.69) is 24.3 Å². The molecule has 1 aromatic carbocycles. The third-order valence-corrected chi connectivity index (χ3v) is 6.11. The molecule has 1 aromatic heterocycles. The maximum atomic E-state index is 12.5. The van der Waals surface area contributed by atoms with Crippen LogP contribution in [0.1, 0.15) is 69.2 Å². The Morgan fingerprint density at radius 2 is 2.03 bits per heavy atom. The Bertz CT molecular complexity index is 932. The number of ether oxygens (including phenoxy) is 1. The summed E-state index contributed by atoms with van der Waals surface area (Å²) in [5.41, 5.74) is 2.80. The largest absolute Gasteiger partial charge is 0.444 e. The van der Waals surface area contributed by atoms with E-state index in [0.717, 1.165) is 36.9 Å². The Labute approximate surface area is 202 Å². The van der Waals surface area contributed by atoms with Crippen LogP contribution in [0.25, 0.3) is 6.08 Å². The van der Waals surface area contributed by atoms with Crippen LogP contribution in [-0.4, -0.2) is 46.4 Å². The molecule has 6 heteroatoms. The van der Waals surface area contributed by atoms with Crippen LogP contribution in [0.15, 0.2) is 48.7 Å². The third kappa shape index (κ3) is 7.31. The van der Waals surface area contributed by atoms with Gasteiger partial charge in [-0.15, -0.1) is 0 Å². The molecule has 178 valence electrons. The first-order valence-electron chi connectivity index (χ1n) is 11.7. The smallest absolute Gasteiger partial charge is 0.410 e. The van der Waals surface area contributed by atoms with Crippen LogP contribution < -0.4 is 0 Å². The van der Waals surface area contributed by atoms with Gasteiger partial charge >= 0.3 is 6.09 Å². The molecule has 1 unspecified atom stereocenters. The maximum Gasteiger partial charge on any atom is 0.410 e. The molecule has 1 saturated heterocycles. The zero-order chi connectivity index (χ0) is 23.8. The van der Waals surface area contributed by atoms with Gasteiger partial charge in [0.2, 0.25) is 0 Å². The number of likely N-dealkylation sites (tertiary alicyclic amines) is 1. The predicted octanol–water partition coefficient (Wildman–Crippen LogP) is 6.30. The molecule has 1 N–H and O–H groups in total. The van der Waals surface area contributed by atoms with Crippen molar-refractivity contribution in [1.82, 2.24) is 9.88 Å². The van der Waals surface area contributed by atoms with Gasteiger partial charge in [0.15, 0.2) is 0 Å². The number of hydrogen-bond acceptors (Lipinski definition) is 4. The van der Waals surface area contributed by atoms with Gasteiger partial charge in [-0.1, -0.05) is 35.9 Å². The van der Waals surface area contributed by atoms with Crippen molar-refractivity contribution in [2.75, 3.05) is 19.7 Å². The van der Waals surface area contributed by atoms with E-state index in [4.69, 9.17) is 26.4 Å². The van der Waals surface area contributed by atoms with Crippen molar-refractivity contribution < 1.29 is 14.6 Å². The highest BCUT2D eigenvalue weighted by Crippen LogP contribution is 2.40. The number of allylic oxidation sites excluding steroid dienone is 1. The second-order valence-corrected chi connectivity index (χ2v) is 10.0. The van der Waals surface area contributed by atoms with Crippen LogP contribution in [0.2, 0.25) is 5.02 Å². The van der Waals surface area contributed by atoms with Crippen LogP contribution >= 0.6 is 11.6 Å². The van der Waals surface area contributed by atoms with E-state index in [0.29, 0.717) is 24.0 Å². The van der Waals surface area contributed by atoms with Crippen molar-refractivity contribution in [3.05, 3.63) is 70.5 Å². The third-order valence-electron chi connectivity index (χ3n) is 5.88. The van der Waals surface area contributed by atoms with Gasteiger partial charge in [0.05, 0.1) is 0 Å². The van der Waals surface area contributed by atoms with Crippen molar-refractivity contribution in [3.63, 3.8) is 0 Å². The number of nitrogens with zero attached hydrogens (tertiary/aromatic N) is 2. The van der Waals surface area contributed by atoms with Crippen LogP contribution in [0, 0.1) is 5.92 Å². The summed E-state index contributed by atoms with van der Waals surface area (Å²) in [5, 5.41) is 9.79. The van der Waals surface area contributed by atoms with Gasteiger partial charge in [-0.2, -0.15) is 0 Å². The summed E-state index contributed by atoms with van der Waals surface area (Å²) in [6, 6.07) is 12.1. The summed E-state index contributed by atoms with van der Waals surface area (Å²) >= 11 is 6.35. The molecule has 5 nitrogen and oxygen atoms in total. The standard InChI is InChI=1S/C27H35ClN2O3/c1-27(2,3)33-26(32)30-16-13-20(14-17-30)25(24-10-6-7-15-29-24)23-12-11-22(28)19-21(23)9-5-4-8-18-31/h5-7,9-12,15,19-20,25,31H,4,8,13-14,16-18H2,1-3H3/b9-5+. The highest BCUT2D eigenvalue weighted by molar-refractivity contribution is 6.30. The van der Waals surface area contributed by atoms with E-state index in [1.54, 1.807) is 0 Å². The minimum absolute atomic E-state index is 0.0988. The van der Waals surface area contributed by atoms with Crippen molar-refractivity contribution in [1.29, 1.82) is 0 Å². The molecule has 0 bridgehead atoms. The van der Waals surface area contributed by atoms with E-state index in [9.17, 15) is 4.79 Å². The number of unbranched alkanes of at least 4 members (excludes halogenated alkanes) is 1. The molecular weight excluding hydrogens is 436 g/mol. The molecule has 1 fully saturated rings. The zero-order valence-electron chi connectivity index (χ0n) is 19.8. The van der Waals surface area contributed by atoms with Crippen LogP contribution in [0.4, 0.5) is 4.79 Å². The lowest BCUT2D eigenvalue weighted by atomic mass is 9.76. The van der Waals surface area contributed by atoms with Gasteiger partial charge in [-0.25, -0.2) is 4.79 Å². The highest BCUT2D eigenvalue weighted by atomic mass is 35.5. The molecule has 33 heavy (non-hydrogen) atoms. The molecule has 0 saturated carbocycles. The summed E-state index contributed by atoms with van der Waals surface area (Å²) < 4.78 is 5.57. The molecule has 1 atom stereocenters. The molecule has 1 amide bonds. The number of benzene rings is 1. The number of aromatic nitrogens is 1. The predicted molar refractivity (Wildman–Crippen MR) is 133 cm³/mol. The van der Waals surface area contributed by atoms with E-state index in [-0.39, 0.29) is 18.6 Å². The van der Waals surface area contributed by atoms with E-state index >= 15 is 0 Å². The van der Waals surface area contributed by atoms with Gasteiger partial charge in [0, 0.05) is 42.5 Å². The first-order chi connectivity index (χ1) is 15.8. The van der Waals surface area contributed by atoms with Gasteiger partial charge < -0.3 is 14.7 Å². The van der Waals surface area contributed by atoms with Gasteiger partial charge in [-0.05, 0) is 87.8 Å². The number of pyridine rings is 1. The lowest BCUT2D eigenvalue weighted by molar-refractivity contribution is 0.0178. The van der Waals surface area contributed by atoms with Crippen molar-refractivity contribution in [2.45, 2.75) is 58.0 Å². The molecule has 1 aliphatic heterocycles. The van der Waals surface area contributed by atoms with Crippen LogP contribution in [0.5, 0.6) is 0 Å². The van der Waals surface area contributed by atoms with E-state index in [1.165, 1.54) is 5.56 Å². The number of hydrogen-bond donors (Lipinski definition) is 1. The Balaban J connectivity index is 1.86. The fourth-order valence-electron chi connectivity index (χ4n) is 4.35.